The van der Waals surface area contributed by atoms with E-state index in [2.05, 4.69) is 5.32 Å². The maximum Gasteiger partial charge on any atom is 0.308 e. The predicted molar refractivity (Wildman–Crippen MR) is 46.8 cm³/mol. The molecule has 0 aromatic rings. The molecular formula is C9H17NO2. The number of hydrogen-bond donors (Lipinski definition) is 1. The van der Waals surface area contributed by atoms with Crippen molar-refractivity contribution in [1.82, 2.24) is 5.32 Å². The minimum atomic E-state index is -0.0799. The second kappa shape index (κ2) is 4.45. The van der Waals surface area contributed by atoms with E-state index in [1.165, 1.54) is 0 Å². The van der Waals surface area contributed by atoms with E-state index in [0.29, 0.717) is 0 Å². The first-order chi connectivity index (χ1) is 5.70. The topological polar surface area (TPSA) is 38.3 Å². The maximum absolute atomic E-state index is 11.2. The third-order valence-electron chi connectivity index (χ3n) is 2.01. The maximum atomic E-state index is 11.2. The Hall–Kier alpha value is -0.570. The molecule has 1 heterocycles. The largest absolute Gasteiger partial charge is 0.461 e. The second-order valence-electron chi connectivity index (χ2n) is 3.56. The van der Waals surface area contributed by atoms with E-state index in [9.17, 15) is 4.79 Å². The normalized spacial score (nSPS) is 24.1. The summed E-state index contributed by atoms with van der Waals surface area (Å²) in [6.07, 6.45) is 2.22. The Morgan fingerprint density at radius 3 is 2.83 bits per heavy atom. The van der Waals surface area contributed by atoms with Crippen LogP contribution in [0.5, 0.6) is 0 Å². The zero-order valence-corrected chi connectivity index (χ0v) is 7.80. The molecule has 1 atom stereocenters. The highest BCUT2D eigenvalue weighted by molar-refractivity contribution is 5.71. The van der Waals surface area contributed by atoms with E-state index in [1.807, 2.05) is 13.8 Å². The van der Waals surface area contributed by atoms with Crippen LogP contribution in [0, 0.1) is 5.92 Å². The van der Waals surface area contributed by atoms with Gasteiger partial charge < -0.3 is 10.1 Å². The van der Waals surface area contributed by atoms with Crippen LogP contribution in [0.4, 0.5) is 0 Å². The SMILES string of the molecule is CC(C)C(=O)OC1CCCNC1. The molecule has 0 radical (unpaired) electrons. The lowest BCUT2D eigenvalue weighted by atomic mass is 10.1. The van der Waals surface area contributed by atoms with Gasteiger partial charge in [-0.15, -0.1) is 0 Å². The van der Waals surface area contributed by atoms with Crippen molar-refractivity contribution in [2.45, 2.75) is 32.8 Å². The smallest absolute Gasteiger partial charge is 0.308 e. The summed E-state index contributed by atoms with van der Waals surface area (Å²) in [5, 5.41) is 3.20. The molecule has 3 heteroatoms. The molecule has 12 heavy (non-hydrogen) atoms. The Morgan fingerprint density at radius 1 is 1.58 bits per heavy atom. The molecule has 0 amide bonds. The number of esters is 1. The van der Waals surface area contributed by atoms with E-state index in [0.717, 1.165) is 25.9 Å². The number of piperidine rings is 1. The summed E-state index contributed by atoms with van der Waals surface area (Å²) in [6, 6.07) is 0. The van der Waals surface area contributed by atoms with Gasteiger partial charge in [0.1, 0.15) is 6.10 Å². The van der Waals surface area contributed by atoms with Crippen LogP contribution < -0.4 is 5.32 Å². The Balaban J connectivity index is 2.24. The number of rotatable bonds is 2. The molecule has 3 nitrogen and oxygen atoms in total. The Morgan fingerprint density at radius 2 is 2.33 bits per heavy atom. The molecule has 1 aliphatic heterocycles. The number of nitrogens with one attached hydrogen (secondary N) is 1. The molecule has 1 fully saturated rings. The van der Waals surface area contributed by atoms with Gasteiger partial charge in [0.15, 0.2) is 0 Å². The van der Waals surface area contributed by atoms with Gasteiger partial charge in [-0.05, 0) is 19.4 Å². The second-order valence-corrected chi connectivity index (χ2v) is 3.56. The zero-order valence-electron chi connectivity index (χ0n) is 7.80. The lowest BCUT2D eigenvalue weighted by Gasteiger charge is -2.23. The molecule has 1 saturated heterocycles. The van der Waals surface area contributed by atoms with Gasteiger partial charge in [-0.25, -0.2) is 0 Å². The number of carbonyl (C=O) groups excluding carboxylic acids is 1. The fraction of sp³-hybridized carbons (Fsp3) is 0.889. The first kappa shape index (κ1) is 9.52. The number of hydrogen-bond acceptors (Lipinski definition) is 3. The highest BCUT2D eigenvalue weighted by atomic mass is 16.5. The van der Waals surface area contributed by atoms with Crippen molar-refractivity contribution >= 4 is 5.97 Å². The molecule has 1 rings (SSSR count). The van der Waals surface area contributed by atoms with Crippen molar-refractivity contribution in [2.24, 2.45) is 5.92 Å². The fourth-order valence-corrected chi connectivity index (χ4v) is 1.22. The van der Waals surface area contributed by atoms with Crippen LogP contribution in [-0.2, 0) is 9.53 Å². The molecule has 0 aromatic carbocycles. The monoisotopic (exact) mass is 171 g/mol. The lowest BCUT2D eigenvalue weighted by molar-refractivity contribution is -0.153. The highest BCUT2D eigenvalue weighted by Gasteiger charge is 2.18. The van der Waals surface area contributed by atoms with E-state index >= 15 is 0 Å². The summed E-state index contributed by atoms with van der Waals surface area (Å²) in [5.41, 5.74) is 0. The van der Waals surface area contributed by atoms with Crippen LogP contribution >= 0.6 is 0 Å². The van der Waals surface area contributed by atoms with Gasteiger partial charge in [0.25, 0.3) is 0 Å². The number of ether oxygens (including phenoxy) is 1. The molecular weight excluding hydrogens is 154 g/mol. The molecule has 1 N–H and O–H groups in total. The van der Waals surface area contributed by atoms with Gasteiger partial charge in [0.05, 0.1) is 5.92 Å². The summed E-state index contributed by atoms with van der Waals surface area (Å²) in [5.74, 6) is -0.0874. The average molecular weight is 171 g/mol. The van der Waals surface area contributed by atoms with E-state index in [4.69, 9.17) is 4.74 Å². The highest BCUT2D eigenvalue weighted by Crippen LogP contribution is 2.08. The van der Waals surface area contributed by atoms with Gasteiger partial charge in [-0.1, -0.05) is 13.8 Å². The van der Waals surface area contributed by atoms with Crippen LogP contribution in [0.2, 0.25) is 0 Å². The first-order valence-corrected chi connectivity index (χ1v) is 4.61. The van der Waals surface area contributed by atoms with Crippen LogP contribution in [-0.4, -0.2) is 25.2 Å². The van der Waals surface area contributed by atoms with Crippen molar-refractivity contribution in [3.8, 4) is 0 Å². The summed E-state index contributed by atoms with van der Waals surface area (Å²) in [7, 11) is 0. The standard InChI is InChI=1S/C9H17NO2/c1-7(2)9(11)12-8-4-3-5-10-6-8/h7-8,10H,3-6H2,1-2H3. The summed E-state index contributed by atoms with van der Waals surface area (Å²) in [4.78, 5) is 11.2. The summed E-state index contributed by atoms with van der Waals surface area (Å²) in [6.45, 7) is 5.59. The predicted octanol–water partition coefficient (Wildman–Crippen LogP) is 0.938. The van der Waals surface area contributed by atoms with Crippen LogP contribution in [0.1, 0.15) is 26.7 Å². The third kappa shape index (κ3) is 2.81. The minimum absolute atomic E-state index is 0.00748. The summed E-state index contributed by atoms with van der Waals surface area (Å²) >= 11 is 0. The van der Waals surface area contributed by atoms with Crippen molar-refractivity contribution in [3.63, 3.8) is 0 Å². The Bertz CT molecular complexity index is 151. The van der Waals surface area contributed by atoms with Crippen LogP contribution in [0.15, 0.2) is 0 Å². The van der Waals surface area contributed by atoms with Gasteiger partial charge in [0, 0.05) is 6.54 Å². The molecule has 1 aliphatic rings. The van der Waals surface area contributed by atoms with Crippen LogP contribution in [0.3, 0.4) is 0 Å². The van der Waals surface area contributed by atoms with Gasteiger partial charge >= 0.3 is 5.97 Å². The summed E-state index contributed by atoms with van der Waals surface area (Å²) < 4.78 is 5.25. The van der Waals surface area contributed by atoms with Crippen LogP contribution in [0.25, 0.3) is 0 Å². The minimum Gasteiger partial charge on any atom is -0.461 e. The van der Waals surface area contributed by atoms with Crippen molar-refractivity contribution in [1.29, 1.82) is 0 Å². The van der Waals surface area contributed by atoms with E-state index in [-0.39, 0.29) is 18.0 Å². The zero-order chi connectivity index (χ0) is 8.97. The van der Waals surface area contributed by atoms with E-state index in [1.54, 1.807) is 0 Å². The average Bonchev–Trinajstić information content (AvgIpc) is 2.06. The lowest BCUT2D eigenvalue weighted by Crippen LogP contribution is -2.37. The Labute approximate surface area is 73.5 Å². The molecule has 0 bridgehead atoms. The molecule has 0 aromatic heterocycles. The first-order valence-electron chi connectivity index (χ1n) is 4.61. The van der Waals surface area contributed by atoms with Gasteiger partial charge in [-0.2, -0.15) is 0 Å². The van der Waals surface area contributed by atoms with Gasteiger partial charge in [0.2, 0.25) is 0 Å². The molecule has 0 aliphatic carbocycles. The molecule has 0 spiro atoms. The molecule has 1 unspecified atom stereocenters. The van der Waals surface area contributed by atoms with E-state index < -0.39 is 0 Å². The van der Waals surface area contributed by atoms with Crippen molar-refractivity contribution in [3.05, 3.63) is 0 Å². The molecule has 0 saturated carbocycles. The molecule has 70 valence electrons. The third-order valence-corrected chi connectivity index (χ3v) is 2.01. The van der Waals surface area contributed by atoms with Gasteiger partial charge in [-0.3, -0.25) is 4.79 Å². The quantitative estimate of drug-likeness (QED) is 0.628. The fourth-order valence-electron chi connectivity index (χ4n) is 1.22. The number of carbonyl (C=O) groups is 1. The van der Waals surface area contributed by atoms with Crippen molar-refractivity contribution in [2.75, 3.05) is 13.1 Å². The Kier molecular flexibility index (Phi) is 3.53. The van der Waals surface area contributed by atoms with Crippen molar-refractivity contribution < 1.29 is 9.53 Å².